The van der Waals surface area contributed by atoms with Crippen molar-refractivity contribution in [3.05, 3.63) is 78.0 Å². The molecule has 184 valence electrons. The van der Waals surface area contributed by atoms with Gasteiger partial charge in [0.2, 0.25) is 0 Å². The quantitative estimate of drug-likeness (QED) is 0.438. The molecule has 0 spiro atoms. The summed E-state index contributed by atoms with van der Waals surface area (Å²) in [6, 6.07) is 16.0. The number of aromatic amines is 1. The van der Waals surface area contributed by atoms with Crippen molar-refractivity contribution in [1.82, 2.24) is 29.7 Å². The van der Waals surface area contributed by atoms with E-state index in [9.17, 15) is 4.79 Å². The number of piperidine rings is 1. The molecule has 0 saturated carbocycles. The van der Waals surface area contributed by atoms with E-state index >= 15 is 0 Å². The topological polar surface area (TPSA) is 78.0 Å². The number of amides is 1. The lowest BCUT2D eigenvalue weighted by atomic mass is 9.97. The van der Waals surface area contributed by atoms with Crippen LogP contribution in [0, 0.1) is 5.92 Å². The summed E-state index contributed by atoms with van der Waals surface area (Å²) in [5.74, 6) is 1.45. The normalized spacial score (nSPS) is 18.7. The fourth-order valence-electron chi connectivity index (χ4n) is 5.63. The number of carbonyl (C=O) groups excluding carboxylic acids is 1. The third kappa shape index (κ3) is 5.02. The Balaban J connectivity index is 1.15. The maximum atomic E-state index is 13.4. The van der Waals surface area contributed by atoms with Crippen molar-refractivity contribution in [2.24, 2.45) is 5.92 Å². The van der Waals surface area contributed by atoms with E-state index in [1.807, 2.05) is 35.2 Å². The van der Waals surface area contributed by atoms with E-state index in [-0.39, 0.29) is 5.91 Å². The molecule has 3 aromatic heterocycles. The molecule has 4 aromatic rings. The number of pyridine rings is 1. The first kappa shape index (κ1) is 22.9. The summed E-state index contributed by atoms with van der Waals surface area (Å²) in [5.41, 5.74) is 4.43. The molecule has 2 aliphatic rings. The smallest absolute Gasteiger partial charge is 0.270 e. The van der Waals surface area contributed by atoms with E-state index in [0.29, 0.717) is 18.0 Å². The van der Waals surface area contributed by atoms with Gasteiger partial charge in [0.15, 0.2) is 0 Å². The lowest BCUT2D eigenvalue weighted by molar-refractivity contribution is 0.0643. The Morgan fingerprint density at radius 1 is 0.944 bits per heavy atom. The number of rotatable bonds is 6. The molecule has 2 saturated heterocycles. The molecule has 5 heterocycles. The van der Waals surface area contributed by atoms with Gasteiger partial charge in [-0.1, -0.05) is 12.1 Å². The van der Waals surface area contributed by atoms with Gasteiger partial charge in [0, 0.05) is 49.4 Å². The first-order valence-corrected chi connectivity index (χ1v) is 13.1. The zero-order chi connectivity index (χ0) is 24.3. The lowest BCUT2D eigenvalue weighted by Crippen LogP contribution is -2.43. The van der Waals surface area contributed by atoms with Gasteiger partial charge in [0.25, 0.3) is 5.91 Å². The second-order valence-electron chi connectivity index (χ2n) is 10.1. The summed E-state index contributed by atoms with van der Waals surface area (Å²) >= 11 is 0. The minimum atomic E-state index is 0.116. The fraction of sp³-hybridized carbons (Fsp3) is 0.379. The largest absolute Gasteiger partial charge is 0.351 e. The van der Waals surface area contributed by atoms with Crippen molar-refractivity contribution < 1.29 is 4.79 Å². The van der Waals surface area contributed by atoms with Crippen LogP contribution >= 0.6 is 0 Å². The van der Waals surface area contributed by atoms with Gasteiger partial charge in [-0.2, -0.15) is 0 Å². The second-order valence-corrected chi connectivity index (χ2v) is 10.1. The van der Waals surface area contributed by atoms with Crippen LogP contribution in [0.15, 0.2) is 60.9 Å². The average Bonchev–Trinajstić information content (AvgIpc) is 3.59. The molecule has 2 fully saturated rings. The first-order valence-electron chi connectivity index (χ1n) is 13.1. The molecular formula is C29H32N6O. The molecule has 36 heavy (non-hydrogen) atoms. The third-order valence-corrected chi connectivity index (χ3v) is 7.43. The van der Waals surface area contributed by atoms with Gasteiger partial charge in [0.1, 0.15) is 11.5 Å². The highest BCUT2D eigenvalue weighted by atomic mass is 16.2. The Morgan fingerprint density at radius 2 is 1.86 bits per heavy atom. The number of benzene rings is 1. The predicted molar refractivity (Wildman–Crippen MR) is 141 cm³/mol. The molecular weight excluding hydrogens is 448 g/mol. The van der Waals surface area contributed by atoms with Gasteiger partial charge < -0.3 is 14.8 Å². The van der Waals surface area contributed by atoms with Crippen LogP contribution in [0.3, 0.4) is 0 Å². The van der Waals surface area contributed by atoms with Crippen LogP contribution in [0.5, 0.6) is 0 Å². The Bertz CT molecular complexity index is 1340. The monoisotopic (exact) mass is 480 g/mol. The van der Waals surface area contributed by atoms with Crippen LogP contribution in [0.1, 0.15) is 47.6 Å². The van der Waals surface area contributed by atoms with Crippen molar-refractivity contribution in [3.63, 3.8) is 0 Å². The molecule has 1 N–H and O–H groups in total. The molecule has 1 amide bonds. The number of nitrogens with one attached hydrogen (secondary N) is 1. The minimum Gasteiger partial charge on any atom is -0.351 e. The molecule has 6 rings (SSSR count). The number of nitrogens with zero attached hydrogens (tertiary/aromatic N) is 5. The van der Waals surface area contributed by atoms with E-state index in [2.05, 4.69) is 38.1 Å². The molecule has 0 aliphatic carbocycles. The molecule has 0 radical (unpaired) electrons. The van der Waals surface area contributed by atoms with Gasteiger partial charge in [-0.05, 0) is 86.7 Å². The SMILES string of the molecule is O=C(c1cc2cc(Cc3nccc(-c4ccccn4)n3)ccc2[nH]1)N1CCCC(CN2CCCC2)C1. The molecule has 0 bridgehead atoms. The number of likely N-dealkylation sites (tertiary alicyclic amines) is 2. The number of H-pyrrole nitrogens is 1. The summed E-state index contributed by atoms with van der Waals surface area (Å²) in [4.78, 5) is 34.9. The molecule has 7 nitrogen and oxygen atoms in total. The molecule has 1 atom stereocenters. The van der Waals surface area contributed by atoms with Gasteiger partial charge in [0.05, 0.1) is 11.4 Å². The first-order chi connectivity index (χ1) is 17.7. The van der Waals surface area contributed by atoms with Crippen molar-refractivity contribution in [2.75, 3.05) is 32.7 Å². The number of hydrogen-bond acceptors (Lipinski definition) is 5. The van der Waals surface area contributed by atoms with Crippen LogP contribution in [0.4, 0.5) is 0 Å². The molecule has 7 heteroatoms. The van der Waals surface area contributed by atoms with E-state index in [4.69, 9.17) is 4.98 Å². The molecule has 1 aromatic carbocycles. The van der Waals surface area contributed by atoms with Crippen LogP contribution in [-0.2, 0) is 6.42 Å². The van der Waals surface area contributed by atoms with Crippen molar-refractivity contribution >= 4 is 16.8 Å². The highest BCUT2D eigenvalue weighted by molar-refractivity contribution is 5.98. The summed E-state index contributed by atoms with van der Waals surface area (Å²) in [6.45, 7) is 5.27. The zero-order valence-corrected chi connectivity index (χ0v) is 20.6. The van der Waals surface area contributed by atoms with Gasteiger partial charge in [-0.3, -0.25) is 9.78 Å². The summed E-state index contributed by atoms with van der Waals surface area (Å²) in [5, 5.41) is 1.04. The van der Waals surface area contributed by atoms with E-state index in [0.717, 1.165) is 59.7 Å². The lowest BCUT2D eigenvalue weighted by Gasteiger charge is -2.34. The van der Waals surface area contributed by atoms with Gasteiger partial charge in [-0.15, -0.1) is 0 Å². The highest BCUT2D eigenvalue weighted by Crippen LogP contribution is 2.24. The maximum Gasteiger partial charge on any atom is 0.270 e. The van der Waals surface area contributed by atoms with Gasteiger partial charge in [-0.25, -0.2) is 9.97 Å². The number of fused-ring (bicyclic) bond motifs is 1. The van der Waals surface area contributed by atoms with E-state index < -0.39 is 0 Å². The predicted octanol–water partition coefficient (Wildman–Crippen LogP) is 4.56. The maximum absolute atomic E-state index is 13.4. The Hall–Kier alpha value is -3.58. The van der Waals surface area contributed by atoms with Gasteiger partial charge >= 0.3 is 0 Å². The number of carbonyl (C=O) groups is 1. The second kappa shape index (κ2) is 10.2. The Kier molecular flexibility index (Phi) is 6.47. The van der Waals surface area contributed by atoms with Crippen molar-refractivity contribution in [3.8, 4) is 11.4 Å². The van der Waals surface area contributed by atoms with Crippen LogP contribution in [0.2, 0.25) is 0 Å². The summed E-state index contributed by atoms with van der Waals surface area (Å²) in [7, 11) is 0. The Labute approximate surface area is 211 Å². The summed E-state index contributed by atoms with van der Waals surface area (Å²) in [6.07, 6.45) is 9.12. The molecule has 2 aliphatic heterocycles. The van der Waals surface area contributed by atoms with Crippen molar-refractivity contribution in [2.45, 2.75) is 32.1 Å². The van der Waals surface area contributed by atoms with E-state index in [1.165, 1.54) is 32.4 Å². The Morgan fingerprint density at radius 3 is 2.72 bits per heavy atom. The number of aromatic nitrogens is 4. The van der Waals surface area contributed by atoms with Crippen LogP contribution in [0.25, 0.3) is 22.3 Å². The van der Waals surface area contributed by atoms with E-state index in [1.54, 1.807) is 12.4 Å². The minimum absolute atomic E-state index is 0.116. The molecule has 1 unspecified atom stereocenters. The highest BCUT2D eigenvalue weighted by Gasteiger charge is 2.27. The summed E-state index contributed by atoms with van der Waals surface area (Å²) < 4.78 is 0. The zero-order valence-electron chi connectivity index (χ0n) is 20.6. The average molecular weight is 481 g/mol. The van der Waals surface area contributed by atoms with Crippen LogP contribution < -0.4 is 0 Å². The van der Waals surface area contributed by atoms with Crippen LogP contribution in [-0.4, -0.2) is 68.4 Å². The number of hydrogen-bond donors (Lipinski definition) is 1. The van der Waals surface area contributed by atoms with Crippen molar-refractivity contribution in [1.29, 1.82) is 0 Å². The standard InChI is InChI=1S/C29H32N6O/c36-29(35-15-5-6-22(20-35)19-34-13-3-4-14-34)27-18-23-16-21(8-9-24(23)32-27)17-28-31-12-10-26(33-28)25-7-1-2-11-30-25/h1-2,7-12,16,18,22,32H,3-6,13-15,17,19-20H2. The third-order valence-electron chi connectivity index (χ3n) is 7.43. The fourth-order valence-corrected chi connectivity index (χ4v) is 5.63.